The average molecular weight is 323 g/mol. The molecule has 0 atom stereocenters. The van der Waals surface area contributed by atoms with E-state index in [9.17, 15) is 9.18 Å². The Morgan fingerprint density at radius 1 is 1.21 bits per heavy atom. The fraction of sp³-hybridized carbons (Fsp3) is 0.133. The predicted octanol–water partition coefficient (Wildman–Crippen LogP) is 4.14. The molecule has 0 fully saturated rings. The van der Waals surface area contributed by atoms with Crippen molar-refractivity contribution in [2.24, 2.45) is 0 Å². The van der Waals surface area contributed by atoms with Crippen LogP contribution in [0.25, 0.3) is 0 Å². The Balaban J connectivity index is 2.47. The second-order valence-electron chi connectivity index (χ2n) is 4.11. The second kappa shape index (κ2) is 5.53. The van der Waals surface area contributed by atoms with Crippen LogP contribution in [0.2, 0.25) is 0 Å². The highest BCUT2D eigenvalue weighted by Crippen LogP contribution is 2.25. The number of ether oxygens (including phenoxy) is 1. The summed E-state index contributed by atoms with van der Waals surface area (Å²) in [5.74, 6) is -0.550. The third-order valence-corrected chi connectivity index (χ3v) is 3.91. The van der Waals surface area contributed by atoms with E-state index in [-0.39, 0.29) is 11.3 Å². The largest absolute Gasteiger partial charge is 0.497 e. The first-order valence-corrected chi connectivity index (χ1v) is 6.47. The normalized spacial score (nSPS) is 10.3. The molecule has 4 heteroatoms. The van der Waals surface area contributed by atoms with Crippen molar-refractivity contribution in [2.45, 2.75) is 6.92 Å². The molecule has 0 saturated carbocycles. The van der Waals surface area contributed by atoms with Gasteiger partial charge in [0.2, 0.25) is 0 Å². The van der Waals surface area contributed by atoms with E-state index in [0.717, 1.165) is 5.56 Å². The Bertz CT molecular complexity index is 638. The number of halogens is 2. The quantitative estimate of drug-likeness (QED) is 0.794. The Morgan fingerprint density at radius 3 is 2.58 bits per heavy atom. The second-order valence-corrected chi connectivity index (χ2v) is 4.90. The van der Waals surface area contributed by atoms with Gasteiger partial charge in [-0.2, -0.15) is 0 Å². The van der Waals surface area contributed by atoms with Crippen LogP contribution in [-0.4, -0.2) is 12.9 Å². The molecular weight excluding hydrogens is 311 g/mol. The molecule has 0 aliphatic rings. The Labute approximate surface area is 119 Å². The van der Waals surface area contributed by atoms with Crippen LogP contribution >= 0.6 is 15.9 Å². The summed E-state index contributed by atoms with van der Waals surface area (Å²) in [4.78, 5) is 12.3. The number of carbonyl (C=O) groups excluding carboxylic acids is 1. The highest BCUT2D eigenvalue weighted by molar-refractivity contribution is 9.10. The number of hydrogen-bond acceptors (Lipinski definition) is 2. The lowest BCUT2D eigenvalue weighted by molar-refractivity contribution is 0.103. The molecule has 0 saturated heterocycles. The Morgan fingerprint density at radius 2 is 1.95 bits per heavy atom. The zero-order valence-electron chi connectivity index (χ0n) is 10.5. The molecule has 0 spiro atoms. The molecular formula is C15H12BrFO2. The number of methoxy groups -OCH3 is 1. The lowest BCUT2D eigenvalue weighted by atomic mass is 10.0. The van der Waals surface area contributed by atoms with Gasteiger partial charge in [0.05, 0.1) is 12.7 Å². The van der Waals surface area contributed by atoms with E-state index in [1.807, 2.05) is 13.0 Å². The minimum Gasteiger partial charge on any atom is -0.497 e. The highest BCUT2D eigenvalue weighted by Gasteiger charge is 2.17. The van der Waals surface area contributed by atoms with Crippen molar-refractivity contribution in [3.63, 3.8) is 0 Å². The minimum atomic E-state index is -0.585. The molecule has 2 aromatic carbocycles. The van der Waals surface area contributed by atoms with Crippen LogP contribution in [0.4, 0.5) is 4.39 Å². The SMILES string of the molecule is COc1ccc(C(=O)c2cccc(C)c2Br)c(F)c1. The first-order valence-electron chi connectivity index (χ1n) is 5.68. The van der Waals surface area contributed by atoms with Crippen LogP contribution in [0.1, 0.15) is 21.5 Å². The fourth-order valence-electron chi connectivity index (χ4n) is 1.77. The summed E-state index contributed by atoms with van der Waals surface area (Å²) >= 11 is 3.36. The standard InChI is InChI=1S/C15H12BrFO2/c1-9-4-3-5-12(14(9)16)15(18)11-7-6-10(19-2)8-13(11)17/h3-8H,1-2H3. The third-order valence-electron chi connectivity index (χ3n) is 2.86. The average Bonchev–Trinajstić information content (AvgIpc) is 2.41. The van der Waals surface area contributed by atoms with Crippen LogP contribution in [0.15, 0.2) is 40.9 Å². The monoisotopic (exact) mass is 322 g/mol. The first kappa shape index (κ1) is 13.7. The molecule has 2 nitrogen and oxygen atoms in total. The zero-order chi connectivity index (χ0) is 14.0. The van der Waals surface area contributed by atoms with E-state index >= 15 is 0 Å². The number of rotatable bonds is 3. The highest BCUT2D eigenvalue weighted by atomic mass is 79.9. The van der Waals surface area contributed by atoms with E-state index in [4.69, 9.17) is 4.74 Å². The predicted molar refractivity (Wildman–Crippen MR) is 75.3 cm³/mol. The van der Waals surface area contributed by atoms with E-state index in [1.165, 1.54) is 19.2 Å². The van der Waals surface area contributed by atoms with Crippen molar-refractivity contribution in [2.75, 3.05) is 7.11 Å². The smallest absolute Gasteiger partial charge is 0.197 e. The summed E-state index contributed by atoms with van der Waals surface area (Å²) in [6, 6.07) is 9.53. The maximum Gasteiger partial charge on any atom is 0.197 e. The molecule has 0 bridgehead atoms. The van der Waals surface area contributed by atoms with Gasteiger partial charge in [-0.05, 0) is 46.6 Å². The first-order chi connectivity index (χ1) is 9.04. The van der Waals surface area contributed by atoms with E-state index in [1.54, 1.807) is 18.2 Å². The number of benzene rings is 2. The van der Waals surface area contributed by atoms with E-state index in [0.29, 0.717) is 15.8 Å². The van der Waals surface area contributed by atoms with Gasteiger partial charge < -0.3 is 4.74 Å². The van der Waals surface area contributed by atoms with E-state index in [2.05, 4.69) is 15.9 Å². The zero-order valence-corrected chi connectivity index (χ0v) is 12.1. The Hall–Kier alpha value is -1.68. The van der Waals surface area contributed by atoms with Crippen molar-refractivity contribution < 1.29 is 13.9 Å². The third kappa shape index (κ3) is 2.68. The summed E-state index contributed by atoms with van der Waals surface area (Å²) in [6.45, 7) is 1.88. The molecule has 0 unspecified atom stereocenters. The minimum absolute atomic E-state index is 0.0344. The molecule has 98 valence electrons. The number of aryl methyl sites for hydroxylation is 1. The number of ketones is 1. The van der Waals surface area contributed by atoms with Crippen molar-refractivity contribution in [3.8, 4) is 5.75 Å². The summed E-state index contributed by atoms with van der Waals surface area (Å²) in [5.41, 5.74) is 1.41. The van der Waals surface area contributed by atoms with Gasteiger partial charge in [0.1, 0.15) is 11.6 Å². The summed E-state index contributed by atoms with van der Waals surface area (Å²) in [6.07, 6.45) is 0. The van der Waals surface area contributed by atoms with Gasteiger partial charge >= 0.3 is 0 Å². The van der Waals surface area contributed by atoms with Crippen molar-refractivity contribution >= 4 is 21.7 Å². The maximum absolute atomic E-state index is 13.9. The summed E-state index contributed by atoms with van der Waals surface area (Å²) in [7, 11) is 1.45. The molecule has 19 heavy (non-hydrogen) atoms. The van der Waals surface area contributed by atoms with Crippen LogP contribution < -0.4 is 4.74 Å². The van der Waals surface area contributed by atoms with Gasteiger partial charge in [-0.25, -0.2) is 4.39 Å². The number of hydrogen-bond donors (Lipinski definition) is 0. The van der Waals surface area contributed by atoms with Gasteiger partial charge in [0.25, 0.3) is 0 Å². The van der Waals surface area contributed by atoms with Gasteiger partial charge in [-0.15, -0.1) is 0 Å². The lowest BCUT2D eigenvalue weighted by Crippen LogP contribution is -2.06. The molecule has 0 heterocycles. The molecule has 2 rings (SSSR count). The van der Waals surface area contributed by atoms with Crippen LogP contribution in [0.5, 0.6) is 5.75 Å². The van der Waals surface area contributed by atoms with Crippen LogP contribution in [0.3, 0.4) is 0 Å². The summed E-state index contributed by atoms with van der Waals surface area (Å²) < 4.78 is 19.5. The fourth-order valence-corrected chi connectivity index (χ4v) is 2.22. The molecule has 2 aromatic rings. The molecule has 0 aromatic heterocycles. The maximum atomic E-state index is 13.9. The number of carbonyl (C=O) groups is 1. The van der Waals surface area contributed by atoms with Crippen LogP contribution in [-0.2, 0) is 0 Å². The molecule has 0 aliphatic carbocycles. The Kier molecular flexibility index (Phi) is 4.00. The van der Waals surface area contributed by atoms with Crippen molar-refractivity contribution in [1.82, 2.24) is 0 Å². The molecule has 0 amide bonds. The van der Waals surface area contributed by atoms with Crippen molar-refractivity contribution in [3.05, 3.63) is 63.4 Å². The van der Waals surface area contributed by atoms with Gasteiger partial charge in [-0.1, -0.05) is 12.1 Å². The topological polar surface area (TPSA) is 26.3 Å². The van der Waals surface area contributed by atoms with Gasteiger partial charge in [0, 0.05) is 16.1 Å². The molecule has 0 radical (unpaired) electrons. The summed E-state index contributed by atoms with van der Waals surface area (Å²) in [5, 5.41) is 0. The lowest BCUT2D eigenvalue weighted by Gasteiger charge is -2.08. The van der Waals surface area contributed by atoms with Crippen molar-refractivity contribution in [1.29, 1.82) is 0 Å². The van der Waals surface area contributed by atoms with Gasteiger partial charge in [-0.3, -0.25) is 4.79 Å². The van der Waals surface area contributed by atoms with Gasteiger partial charge in [0.15, 0.2) is 5.78 Å². The molecule has 0 N–H and O–H groups in total. The van der Waals surface area contributed by atoms with E-state index < -0.39 is 5.82 Å². The molecule has 0 aliphatic heterocycles. The van der Waals surface area contributed by atoms with Crippen LogP contribution in [0, 0.1) is 12.7 Å².